The van der Waals surface area contributed by atoms with Crippen molar-refractivity contribution in [3.63, 3.8) is 0 Å². The molecular formula is C17H23N3S. The van der Waals surface area contributed by atoms with Crippen LogP contribution in [-0.2, 0) is 12.3 Å². The third-order valence-electron chi connectivity index (χ3n) is 3.65. The molecule has 21 heavy (non-hydrogen) atoms. The van der Waals surface area contributed by atoms with Gasteiger partial charge in [0.05, 0.1) is 5.69 Å². The number of benzene rings is 1. The first-order valence-electron chi connectivity index (χ1n) is 7.70. The fourth-order valence-corrected chi connectivity index (χ4v) is 3.07. The lowest BCUT2D eigenvalue weighted by Gasteiger charge is -2.06. The molecule has 1 aliphatic rings. The van der Waals surface area contributed by atoms with Crippen molar-refractivity contribution in [2.24, 2.45) is 0 Å². The Morgan fingerprint density at radius 2 is 2.19 bits per heavy atom. The Bertz CT molecular complexity index is 587. The van der Waals surface area contributed by atoms with E-state index in [4.69, 9.17) is 0 Å². The molecule has 0 radical (unpaired) electrons. The molecule has 1 aromatic heterocycles. The zero-order valence-electron chi connectivity index (χ0n) is 12.7. The van der Waals surface area contributed by atoms with Gasteiger partial charge in [-0.2, -0.15) is 5.10 Å². The van der Waals surface area contributed by atoms with Gasteiger partial charge in [-0.15, -0.1) is 11.8 Å². The molecule has 0 amide bonds. The lowest BCUT2D eigenvalue weighted by Crippen LogP contribution is -2.15. The van der Waals surface area contributed by atoms with Gasteiger partial charge in [0.25, 0.3) is 0 Å². The Balaban J connectivity index is 1.54. The van der Waals surface area contributed by atoms with Crippen LogP contribution >= 0.6 is 11.8 Å². The van der Waals surface area contributed by atoms with Crippen LogP contribution in [0.15, 0.2) is 41.4 Å². The van der Waals surface area contributed by atoms with E-state index in [1.807, 2.05) is 16.4 Å². The first-order chi connectivity index (χ1) is 10.2. The van der Waals surface area contributed by atoms with E-state index < -0.39 is 0 Å². The van der Waals surface area contributed by atoms with Crippen molar-refractivity contribution in [3.8, 4) is 0 Å². The molecule has 1 saturated carbocycles. The van der Waals surface area contributed by atoms with E-state index in [2.05, 4.69) is 60.8 Å². The van der Waals surface area contributed by atoms with Crippen LogP contribution in [-0.4, -0.2) is 15.8 Å². The summed E-state index contributed by atoms with van der Waals surface area (Å²) in [7, 11) is 0. The van der Waals surface area contributed by atoms with Crippen LogP contribution in [0.4, 0.5) is 0 Å². The van der Waals surface area contributed by atoms with Crippen molar-refractivity contribution in [2.75, 3.05) is 0 Å². The predicted molar refractivity (Wildman–Crippen MR) is 88.5 cm³/mol. The fraction of sp³-hybridized carbons (Fsp3) is 0.471. The number of nitrogens with zero attached hydrogens (tertiary/aromatic N) is 2. The summed E-state index contributed by atoms with van der Waals surface area (Å²) in [6.07, 6.45) is 4.75. The van der Waals surface area contributed by atoms with Gasteiger partial charge >= 0.3 is 0 Å². The van der Waals surface area contributed by atoms with Crippen LogP contribution in [0.3, 0.4) is 0 Å². The van der Waals surface area contributed by atoms with Crippen LogP contribution in [0.25, 0.3) is 0 Å². The molecule has 0 spiro atoms. The van der Waals surface area contributed by atoms with Gasteiger partial charge in [0.15, 0.2) is 0 Å². The average molecular weight is 301 g/mol. The molecule has 1 aromatic carbocycles. The van der Waals surface area contributed by atoms with Crippen molar-refractivity contribution in [2.45, 2.75) is 56.0 Å². The summed E-state index contributed by atoms with van der Waals surface area (Å²) in [5.41, 5.74) is 2.52. The summed E-state index contributed by atoms with van der Waals surface area (Å²) < 4.78 is 2.02. The highest BCUT2D eigenvalue weighted by atomic mass is 32.2. The SMILES string of the molecule is CC(C)n1ccc(CSc2cccc(CNC3CC3)c2)n1. The highest BCUT2D eigenvalue weighted by molar-refractivity contribution is 7.98. The monoisotopic (exact) mass is 301 g/mol. The minimum absolute atomic E-state index is 0.431. The van der Waals surface area contributed by atoms with Gasteiger partial charge in [-0.25, -0.2) is 0 Å². The van der Waals surface area contributed by atoms with Crippen molar-refractivity contribution in [1.29, 1.82) is 0 Å². The number of thioether (sulfide) groups is 1. The Hall–Kier alpha value is -1.26. The molecule has 4 heteroatoms. The highest BCUT2D eigenvalue weighted by Gasteiger charge is 2.19. The van der Waals surface area contributed by atoms with E-state index >= 15 is 0 Å². The Morgan fingerprint density at radius 3 is 2.90 bits per heavy atom. The van der Waals surface area contributed by atoms with E-state index in [0.717, 1.165) is 24.0 Å². The van der Waals surface area contributed by atoms with Crippen molar-refractivity contribution in [1.82, 2.24) is 15.1 Å². The van der Waals surface area contributed by atoms with Crippen molar-refractivity contribution in [3.05, 3.63) is 47.8 Å². The summed E-state index contributed by atoms with van der Waals surface area (Å²) in [4.78, 5) is 1.32. The number of hydrogen-bond donors (Lipinski definition) is 1. The summed E-state index contributed by atoms with van der Waals surface area (Å²) in [5, 5.41) is 8.16. The van der Waals surface area contributed by atoms with E-state index in [9.17, 15) is 0 Å². The molecule has 0 saturated heterocycles. The summed E-state index contributed by atoms with van der Waals surface area (Å²) in [6.45, 7) is 5.29. The van der Waals surface area contributed by atoms with E-state index in [0.29, 0.717) is 6.04 Å². The molecule has 3 nitrogen and oxygen atoms in total. The molecule has 3 rings (SSSR count). The topological polar surface area (TPSA) is 29.9 Å². The minimum atomic E-state index is 0.431. The maximum absolute atomic E-state index is 4.60. The van der Waals surface area contributed by atoms with E-state index in [1.54, 1.807) is 0 Å². The Kier molecular flexibility index (Phi) is 4.66. The maximum Gasteiger partial charge on any atom is 0.0727 e. The fourth-order valence-electron chi connectivity index (χ4n) is 2.19. The Morgan fingerprint density at radius 1 is 1.33 bits per heavy atom. The summed E-state index contributed by atoms with van der Waals surface area (Å²) >= 11 is 1.86. The number of aromatic nitrogens is 2. The average Bonchev–Trinajstić information content (AvgIpc) is 3.19. The maximum atomic E-state index is 4.60. The molecule has 2 aromatic rings. The van der Waals surface area contributed by atoms with Crippen LogP contribution in [0.1, 0.15) is 44.0 Å². The molecule has 1 aliphatic carbocycles. The van der Waals surface area contributed by atoms with Gasteiger partial charge in [0, 0.05) is 35.5 Å². The van der Waals surface area contributed by atoms with E-state index in [-0.39, 0.29) is 0 Å². The molecular weight excluding hydrogens is 278 g/mol. The third kappa shape index (κ3) is 4.35. The van der Waals surface area contributed by atoms with Gasteiger partial charge < -0.3 is 5.32 Å². The number of hydrogen-bond acceptors (Lipinski definition) is 3. The molecule has 1 heterocycles. The van der Waals surface area contributed by atoms with E-state index in [1.165, 1.54) is 23.3 Å². The highest BCUT2D eigenvalue weighted by Crippen LogP contribution is 2.24. The second kappa shape index (κ2) is 6.67. The number of nitrogens with one attached hydrogen (secondary N) is 1. The zero-order valence-corrected chi connectivity index (χ0v) is 13.6. The van der Waals surface area contributed by atoms with Crippen molar-refractivity contribution < 1.29 is 0 Å². The molecule has 0 unspecified atom stereocenters. The normalized spacial score (nSPS) is 14.8. The zero-order chi connectivity index (χ0) is 14.7. The Labute approximate surface area is 131 Å². The standard InChI is InChI=1S/C17H23N3S/c1-13(2)20-9-8-16(19-20)12-21-17-5-3-4-14(10-17)11-18-15-6-7-15/h3-5,8-10,13,15,18H,6-7,11-12H2,1-2H3. The van der Waals surface area contributed by atoms with Crippen molar-refractivity contribution >= 4 is 11.8 Å². The molecule has 1 N–H and O–H groups in total. The molecule has 112 valence electrons. The largest absolute Gasteiger partial charge is 0.310 e. The molecule has 0 atom stereocenters. The van der Waals surface area contributed by atoms with Crippen LogP contribution in [0.5, 0.6) is 0 Å². The third-order valence-corrected chi connectivity index (χ3v) is 4.68. The first-order valence-corrected chi connectivity index (χ1v) is 8.68. The lowest BCUT2D eigenvalue weighted by atomic mass is 10.2. The number of rotatable bonds is 7. The van der Waals surface area contributed by atoms with Gasteiger partial charge in [-0.3, -0.25) is 4.68 Å². The molecule has 0 aliphatic heterocycles. The van der Waals surface area contributed by atoms with Gasteiger partial charge in [0.2, 0.25) is 0 Å². The second-order valence-corrected chi connectivity index (χ2v) is 7.02. The lowest BCUT2D eigenvalue weighted by molar-refractivity contribution is 0.529. The quantitative estimate of drug-likeness (QED) is 0.784. The smallest absolute Gasteiger partial charge is 0.0727 e. The summed E-state index contributed by atoms with van der Waals surface area (Å²) in [6, 6.07) is 12.1. The van der Waals surface area contributed by atoms with Crippen LogP contribution < -0.4 is 5.32 Å². The predicted octanol–water partition coefficient (Wildman–Crippen LogP) is 4.01. The second-order valence-electron chi connectivity index (χ2n) is 5.97. The minimum Gasteiger partial charge on any atom is -0.310 e. The molecule has 1 fully saturated rings. The van der Waals surface area contributed by atoms with Gasteiger partial charge in [0.1, 0.15) is 0 Å². The summed E-state index contributed by atoms with van der Waals surface area (Å²) in [5.74, 6) is 0.930. The molecule has 0 bridgehead atoms. The van der Waals surface area contributed by atoms with Gasteiger partial charge in [-0.1, -0.05) is 12.1 Å². The van der Waals surface area contributed by atoms with Crippen LogP contribution in [0.2, 0.25) is 0 Å². The van der Waals surface area contributed by atoms with Gasteiger partial charge in [-0.05, 0) is 50.5 Å². The van der Waals surface area contributed by atoms with Crippen LogP contribution in [0, 0.1) is 0 Å². The first kappa shape index (κ1) is 14.7.